The maximum absolute atomic E-state index is 13.4. The van der Waals surface area contributed by atoms with E-state index in [1.165, 1.54) is 4.90 Å². The number of fused-ring (bicyclic) bond motifs is 3. The highest BCUT2D eigenvalue weighted by Crippen LogP contribution is 2.45. The summed E-state index contributed by atoms with van der Waals surface area (Å²) >= 11 is 0. The number of carboxylic acid groups (broad SMARTS) is 1. The molecular weight excluding hydrogens is 406 g/mol. The molecule has 1 N–H and O–H groups in total. The number of aliphatic carboxylic acids is 1. The van der Waals surface area contributed by atoms with Gasteiger partial charge in [-0.3, -0.25) is 4.90 Å². The number of rotatable bonds is 5. The first kappa shape index (κ1) is 21.0. The molecule has 6 heteroatoms. The van der Waals surface area contributed by atoms with Crippen LogP contribution in [0.2, 0.25) is 0 Å². The van der Waals surface area contributed by atoms with Gasteiger partial charge in [-0.1, -0.05) is 48.5 Å². The molecule has 0 aromatic heterocycles. The Balaban J connectivity index is 1.41. The Labute approximate surface area is 188 Å². The summed E-state index contributed by atoms with van der Waals surface area (Å²) in [4.78, 5) is 27.5. The van der Waals surface area contributed by atoms with E-state index in [1.54, 1.807) is 0 Å². The lowest BCUT2D eigenvalue weighted by Crippen LogP contribution is -2.63. The monoisotopic (exact) mass is 435 g/mol. The van der Waals surface area contributed by atoms with Crippen LogP contribution in [0.15, 0.2) is 48.5 Å². The average molecular weight is 436 g/mol. The Morgan fingerprint density at radius 3 is 2.03 bits per heavy atom. The molecule has 2 fully saturated rings. The average Bonchev–Trinajstić information content (AvgIpc) is 3.53. The third-order valence-corrected chi connectivity index (χ3v) is 7.02. The van der Waals surface area contributed by atoms with Crippen LogP contribution < -0.4 is 0 Å². The molecule has 32 heavy (non-hydrogen) atoms. The van der Waals surface area contributed by atoms with E-state index in [1.807, 2.05) is 38.1 Å². The van der Waals surface area contributed by atoms with Crippen LogP contribution >= 0.6 is 0 Å². The topological polar surface area (TPSA) is 76.1 Å². The number of carbonyl (C=O) groups is 2. The predicted octanol–water partition coefficient (Wildman–Crippen LogP) is 4.81. The molecule has 168 valence electrons. The molecule has 3 aliphatic rings. The zero-order chi connectivity index (χ0) is 22.5. The van der Waals surface area contributed by atoms with Crippen LogP contribution in [0.1, 0.15) is 56.6 Å². The normalized spacial score (nSPS) is 26.8. The number of carboxylic acids is 1. The maximum atomic E-state index is 13.4. The van der Waals surface area contributed by atoms with E-state index in [0.717, 1.165) is 35.1 Å². The minimum absolute atomic E-state index is 0.0549. The van der Waals surface area contributed by atoms with Gasteiger partial charge in [0.25, 0.3) is 0 Å². The molecule has 2 aliphatic carbocycles. The fraction of sp³-hybridized carbons (Fsp3) is 0.462. The summed E-state index contributed by atoms with van der Waals surface area (Å²) in [6.45, 7) is 3.93. The second-order valence-electron chi connectivity index (χ2n) is 9.41. The number of amides is 1. The Bertz CT molecular complexity index is 991. The Morgan fingerprint density at radius 2 is 1.53 bits per heavy atom. The molecule has 1 heterocycles. The van der Waals surface area contributed by atoms with Crippen LogP contribution in [-0.4, -0.2) is 52.5 Å². The van der Waals surface area contributed by atoms with E-state index in [0.29, 0.717) is 0 Å². The fourth-order valence-corrected chi connectivity index (χ4v) is 5.67. The molecule has 6 nitrogen and oxygen atoms in total. The van der Waals surface area contributed by atoms with Gasteiger partial charge in [0, 0.05) is 24.8 Å². The van der Waals surface area contributed by atoms with E-state index in [2.05, 4.69) is 24.3 Å². The Morgan fingerprint density at radius 1 is 1.00 bits per heavy atom. The third kappa shape index (κ3) is 3.47. The molecule has 1 aliphatic heterocycles. The fourth-order valence-electron chi connectivity index (χ4n) is 5.67. The number of hydrogen-bond acceptors (Lipinski definition) is 4. The molecule has 1 saturated heterocycles. The van der Waals surface area contributed by atoms with Crippen molar-refractivity contribution in [2.24, 2.45) is 0 Å². The van der Waals surface area contributed by atoms with E-state index < -0.39 is 17.6 Å². The standard InChI is InChI=1S/C26H29NO5/c1-16-13-26(24(28)29,14-17(2)32-16)27(18-11-12-18)25(30)31-15-23-21-9-5-3-7-19(21)20-8-4-6-10-22(20)23/h3-10,16-18,23H,11-15H2,1-2H3,(H,28,29). The SMILES string of the molecule is CC1CC(C(=O)O)(N(C(=O)OCC2c3ccccc3-c3ccccc32)C2CC2)CC(C)O1. The first-order chi connectivity index (χ1) is 15.4. The van der Waals surface area contributed by atoms with Crippen LogP contribution in [0.4, 0.5) is 4.79 Å². The zero-order valence-electron chi connectivity index (χ0n) is 18.5. The van der Waals surface area contributed by atoms with Crippen LogP contribution in [0.5, 0.6) is 0 Å². The minimum Gasteiger partial charge on any atom is -0.479 e. The Kier molecular flexibility index (Phi) is 5.20. The molecule has 1 saturated carbocycles. The van der Waals surface area contributed by atoms with Gasteiger partial charge in [0.05, 0.1) is 12.2 Å². The van der Waals surface area contributed by atoms with E-state index in [4.69, 9.17) is 9.47 Å². The zero-order valence-corrected chi connectivity index (χ0v) is 18.5. The van der Waals surface area contributed by atoms with Crippen molar-refractivity contribution in [3.05, 3.63) is 59.7 Å². The first-order valence-corrected chi connectivity index (χ1v) is 11.4. The molecule has 5 rings (SSSR count). The first-order valence-electron chi connectivity index (χ1n) is 11.4. The second-order valence-corrected chi connectivity index (χ2v) is 9.41. The Hall–Kier alpha value is -2.86. The summed E-state index contributed by atoms with van der Waals surface area (Å²) in [6.07, 6.45) is 1.15. The van der Waals surface area contributed by atoms with Crippen molar-refractivity contribution in [3.8, 4) is 11.1 Å². The van der Waals surface area contributed by atoms with Crippen LogP contribution in [0.25, 0.3) is 11.1 Å². The summed E-state index contributed by atoms with van der Waals surface area (Å²) in [6, 6.07) is 16.3. The third-order valence-electron chi connectivity index (χ3n) is 7.02. The molecule has 2 aromatic carbocycles. The van der Waals surface area contributed by atoms with Gasteiger partial charge >= 0.3 is 12.1 Å². The smallest absolute Gasteiger partial charge is 0.411 e. The number of nitrogens with zero attached hydrogens (tertiary/aromatic N) is 1. The molecule has 0 radical (unpaired) electrons. The highest BCUT2D eigenvalue weighted by Gasteiger charge is 2.56. The summed E-state index contributed by atoms with van der Waals surface area (Å²) in [5, 5.41) is 10.3. The second kappa shape index (κ2) is 7.93. The van der Waals surface area contributed by atoms with Gasteiger partial charge in [0.1, 0.15) is 12.1 Å². The lowest BCUT2D eigenvalue weighted by Gasteiger charge is -2.46. The number of carbonyl (C=O) groups excluding carboxylic acids is 1. The summed E-state index contributed by atoms with van der Waals surface area (Å²) in [7, 11) is 0. The van der Waals surface area contributed by atoms with Crippen molar-refractivity contribution in [1.29, 1.82) is 0 Å². The van der Waals surface area contributed by atoms with Crippen LogP contribution in [0, 0.1) is 0 Å². The number of hydrogen-bond donors (Lipinski definition) is 1. The van der Waals surface area contributed by atoms with Crippen LogP contribution in [-0.2, 0) is 14.3 Å². The van der Waals surface area contributed by atoms with Crippen molar-refractivity contribution in [2.75, 3.05) is 6.61 Å². The van der Waals surface area contributed by atoms with Crippen molar-refractivity contribution >= 4 is 12.1 Å². The van der Waals surface area contributed by atoms with Gasteiger partial charge in [-0.25, -0.2) is 9.59 Å². The lowest BCUT2D eigenvalue weighted by atomic mass is 9.82. The van der Waals surface area contributed by atoms with Crippen molar-refractivity contribution in [3.63, 3.8) is 0 Å². The lowest BCUT2D eigenvalue weighted by molar-refractivity contribution is -0.167. The molecule has 2 unspecified atom stereocenters. The van der Waals surface area contributed by atoms with Gasteiger partial charge in [-0.15, -0.1) is 0 Å². The highest BCUT2D eigenvalue weighted by atomic mass is 16.6. The van der Waals surface area contributed by atoms with Crippen molar-refractivity contribution in [1.82, 2.24) is 4.90 Å². The van der Waals surface area contributed by atoms with Gasteiger partial charge in [-0.05, 0) is 48.9 Å². The largest absolute Gasteiger partial charge is 0.479 e. The van der Waals surface area contributed by atoms with Crippen molar-refractivity contribution in [2.45, 2.75) is 69.2 Å². The highest BCUT2D eigenvalue weighted by molar-refractivity contribution is 5.85. The van der Waals surface area contributed by atoms with Crippen molar-refractivity contribution < 1.29 is 24.2 Å². The quantitative estimate of drug-likeness (QED) is 0.729. The van der Waals surface area contributed by atoms with Gasteiger partial charge < -0.3 is 14.6 Å². The molecule has 0 spiro atoms. The van der Waals surface area contributed by atoms with Crippen LogP contribution in [0.3, 0.4) is 0 Å². The number of ether oxygens (including phenoxy) is 2. The minimum atomic E-state index is -1.29. The van der Waals surface area contributed by atoms with E-state index >= 15 is 0 Å². The maximum Gasteiger partial charge on any atom is 0.411 e. The number of benzene rings is 2. The molecule has 0 bridgehead atoms. The predicted molar refractivity (Wildman–Crippen MR) is 120 cm³/mol. The van der Waals surface area contributed by atoms with E-state index in [-0.39, 0.29) is 43.6 Å². The summed E-state index contributed by atoms with van der Waals surface area (Å²) in [5.41, 5.74) is 3.32. The van der Waals surface area contributed by atoms with E-state index in [9.17, 15) is 14.7 Å². The molecular formula is C26H29NO5. The van der Waals surface area contributed by atoms with Gasteiger partial charge in [-0.2, -0.15) is 0 Å². The summed E-state index contributed by atoms with van der Waals surface area (Å²) < 4.78 is 11.7. The van der Waals surface area contributed by atoms with Gasteiger partial charge in [0.2, 0.25) is 0 Å². The molecule has 1 amide bonds. The summed E-state index contributed by atoms with van der Waals surface area (Å²) in [5.74, 6) is -1.03. The molecule has 2 atom stereocenters. The van der Waals surface area contributed by atoms with Gasteiger partial charge in [0.15, 0.2) is 0 Å². The molecule has 2 aromatic rings.